The Morgan fingerprint density at radius 2 is 1.91 bits per heavy atom. The van der Waals surface area contributed by atoms with E-state index in [2.05, 4.69) is 0 Å². The topological polar surface area (TPSA) is 72.9 Å². The van der Waals surface area contributed by atoms with E-state index in [0.29, 0.717) is 16.3 Å². The second-order valence-electron chi connectivity index (χ2n) is 6.38. The number of rotatable bonds is 4. The Balaban J connectivity index is 2.67. The fourth-order valence-corrected chi connectivity index (χ4v) is 4.93. The third-order valence-corrected chi connectivity index (χ3v) is 5.69. The molecule has 0 aromatic heterocycles. The number of esters is 1. The van der Waals surface area contributed by atoms with Gasteiger partial charge >= 0.3 is 5.97 Å². The molecule has 0 bridgehead atoms. The molecule has 0 N–H and O–H groups in total. The Bertz CT molecular complexity index is 731. The second kappa shape index (κ2) is 6.08. The standard InChI is InChI=1S/C14H20ClNO5SSi/c1-20-14(17)12-13(21-23(3,4)5)10-7-6-9(15)8-11(10)16(12)22(2,18)19/h6-8,12-13H,1-5H3. The summed E-state index contributed by atoms with van der Waals surface area (Å²) in [7, 11) is -4.55. The molecule has 1 aliphatic rings. The molecule has 0 aliphatic carbocycles. The highest BCUT2D eigenvalue weighted by molar-refractivity contribution is 7.92. The smallest absolute Gasteiger partial charge is 0.332 e. The lowest BCUT2D eigenvalue weighted by molar-refractivity contribution is -0.144. The fraction of sp³-hybridized carbons (Fsp3) is 0.500. The molecule has 9 heteroatoms. The first-order valence-corrected chi connectivity index (χ1v) is 12.6. The largest absolute Gasteiger partial charge is 0.467 e. The highest BCUT2D eigenvalue weighted by Crippen LogP contribution is 2.45. The van der Waals surface area contributed by atoms with Gasteiger partial charge in [-0.3, -0.25) is 4.31 Å². The zero-order valence-electron chi connectivity index (χ0n) is 13.7. The quantitative estimate of drug-likeness (QED) is 0.595. The monoisotopic (exact) mass is 377 g/mol. The third-order valence-electron chi connectivity index (χ3n) is 3.36. The molecule has 128 valence electrons. The van der Waals surface area contributed by atoms with Crippen LogP contribution in [0.3, 0.4) is 0 Å². The predicted octanol–water partition coefficient (Wildman–Crippen LogP) is 2.55. The van der Waals surface area contributed by atoms with Crippen LogP contribution >= 0.6 is 11.6 Å². The number of carbonyl (C=O) groups excluding carboxylic acids is 1. The number of benzene rings is 1. The van der Waals surface area contributed by atoms with Crippen LogP contribution in [0.1, 0.15) is 11.7 Å². The van der Waals surface area contributed by atoms with Gasteiger partial charge in [-0.2, -0.15) is 0 Å². The molecule has 1 heterocycles. The molecule has 6 nitrogen and oxygen atoms in total. The van der Waals surface area contributed by atoms with Crippen molar-refractivity contribution in [1.82, 2.24) is 0 Å². The number of carbonyl (C=O) groups is 1. The molecule has 0 fully saturated rings. The molecule has 2 atom stereocenters. The molecule has 2 rings (SSSR count). The average Bonchev–Trinajstić information content (AvgIpc) is 2.69. The van der Waals surface area contributed by atoms with Crippen LogP contribution in [0.15, 0.2) is 18.2 Å². The minimum atomic E-state index is -3.72. The summed E-state index contributed by atoms with van der Waals surface area (Å²) in [6, 6.07) is 3.79. The average molecular weight is 378 g/mol. The number of methoxy groups -OCH3 is 1. The van der Waals surface area contributed by atoms with Gasteiger partial charge in [-0.25, -0.2) is 13.2 Å². The maximum atomic E-state index is 12.3. The van der Waals surface area contributed by atoms with Crippen molar-refractivity contribution < 1.29 is 22.4 Å². The number of hydrogen-bond acceptors (Lipinski definition) is 5. The fourth-order valence-electron chi connectivity index (χ4n) is 2.63. The van der Waals surface area contributed by atoms with Gasteiger partial charge in [0, 0.05) is 10.6 Å². The maximum absolute atomic E-state index is 12.3. The van der Waals surface area contributed by atoms with Crippen LogP contribution < -0.4 is 4.31 Å². The zero-order chi connectivity index (χ0) is 17.6. The molecule has 1 aromatic rings. The minimum absolute atomic E-state index is 0.360. The van der Waals surface area contributed by atoms with Gasteiger partial charge < -0.3 is 9.16 Å². The van der Waals surface area contributed by atoms with Crippen molar-refractivity contribution in [3.8, 4) is 0 Å². The molecule has 0 saturated carbocycles. The van der Waals surface area contributed by atoms with Crippen LogP contribution in [0.5, 0.6) is 0 Å². The Hall–Kier alpha value is -1.09. The van der Waals surface area contributed by atoms with Crippen LogP contribution in [0, 0.1) is 0 Å². The van der Waals surface area contributed by atoms with Crippen LogP contribution in [0.4, 0.5) is 5.69 Å². The van der Waals surface area contributed by atoms with Gasteiger partial charge in [-0.05, 0) is 31.8 Å². The number of fused-ring (bicyclic) bond motifs is 1. The first kappa shape index (κ1) is 18.2. The lowest BCUT2D eigenvalue weighted by Gasteiger charge is -2.30. The highest BCUT2D eigenvalue weighted by Gasteiger charge is 2.49. The van der Waals surface area contributed by atoms with Gasteiger partial charge in [-0.15, -0.1) is 0 Å². The van der Waals surface area contributed by atoms with Crippen LogP contribution in [-0.2, 0) is 24.0 Å². The van der Waals surface area contributed by atoms with Crippen LogP contribution in [0.2, 0.25) is 24.7 Å². The van der Waals surface area contributed by atoms with Crippen molar-refractivity contribution in [2.45, 2.75) is 31.8 Å². The number of ether oxygens (including phenoxy) is 1. The molecule has 0 amide bonds. The number of hydrogen-bond donors (Lipinski definition) is 0. The van der Waals surface area contributed by atoms with Crippen LogP contribution in [-0.4, -0.2) is 42.1 Å². The summed E-state index contributed by atoms with van der Waals surface area (Å²) in [4.78, 5) is 12.3. The van der Waals surface area contributed by atoms with Gasteiger partial charge in [0.1, 0.15) is 6.10 Å². The summed E-state index contributed by atoms with van der Waals surface area (Å²) in [6.07, 6.45) is 0.334. The summed E-state index contributed by atoms with van der Waals surface area (Å²) in [6.45, 7) is 5.92. The normalized spacial score (nSPS) is 21.2. The van der Waals surface area contributed by atoms with E-state index in [0.717, 1.165) is 10.6 Å². The molecule has 0 saturated heterocycles. The summed E-state index contributed by atoms with van der Waals surface area (Å²) < 4.78 is 36.5. The number of anilines is 1. The van der Waals surface area contributed by atoms with E-state index in [1.165, 1.54) is 13.2 Å². The summed E-state index contributed by atoms with van der Waals surface area (Å²) in [5, 5.41) is 0.384. The van der Waals surface area contributed by atoms with E-state index in [-0.39, 0.29) is 0 Å². The van der Waals surface area contributed by atoms with Crippen molar-refractivity contribution in [3.63, 3.8) is 0 Å². The summed E-state index contributed by atoms with van der Waals surface area (Å²) in [5.74, 6) is -0.661. The van der Waals surface area contributed by atoms with Gasteiger partial charge in [0.25, 0.3) is 0 Å². The first-order chi connectivity index (χ1) is 10.5. The van der Waals surface area contributed by atoms with Gasteiger partial charge in [0.05, 0.1) is 19.1 Å². The lowest BCUT2D eigenvalue weighted by Crippen LogP contribution is -2.47. The van der Waals surface area contributed by atoms with E-state index >= 15 is 0 Å². The first-order valence-electron chi connectivity index (χ1n) is 7.00. The van der Waals surface area contributed by atoms with Gasteiger partial charge in [0.15, 0.2) is 14.4 Å². The SMILES string of the molecule is COC(=O)C1C(O[Si](C)(C)C)c2ccc(Cl)cc2N1S(C)(=O)=O. The molecule has 0 spiro atoms. The van der Waals surface area contributed by atoms with Crippen molar-refractivity contribution in [1.29, 1.82) is 0 Å². The minimum Gasteiger partial charge on any atom is -0.467 e. The Morgan fingerprint density at radius 1 is 1.30 bits per heavy atom. The molecule has 1 aliphatic heterocycles. The number of sulfonamides is 1. The molecule has 1 aromatic carbocycles. The number of nitrogens with zero attached hydrogens (tertiary/aromatic N) is 1. The second-order valence-corrected chi connectivity index (χ2v) is 13.1. The van der Waals surface area contributed by atoms with Crippen molar-refractivity contribution in [3.05, 3.63) is 28.8 Å². The van der Waals surface area contributed by atoms with Gasteiger partial charge in [0.2, 0.25) is 10.0 Å². The predicted molar refractivity (Wildman–Crippen MR) is 91.8 cm³/mol. The zero-order valence-corrected chi connectivity index (χ0v) is 16.2. The molecular weight excluding hydrogens is 358 g/mol. The Kier molecular flexibility index (Phi) is 4.83. The van der Waals surface area contributed by atoms with E-state index in [1.54, 1.807) is 12.1 Å². The van der Waals surface area contributed by atoms with E-state index < -0.39 is 36.5 Å². The summed E-state index contributed by atoms with van der Waals surface area (Å²) >= 11 is 6.01. The Labute approximate surface area is 142 Å². The molecular formula is C14H20ClNO5SSi. The maximum Gasteiger partial charge on any atom is 0.332 e. The number of halogens is 1. The molecule has 2 unspecified atom stereocenters. The summed E-state index contributed by atoms with van der Waals surface area (Å²) in [5.41, 5.74) is 0.983. The van der Waals surface area contributed by atoms with E-state index in [4.69, 9.17) is 20.8 Å². The van der Waals surface area contributed by atoms with E-state index in [9.17, 15) is 13.2 Å². The molecule has 0 radical (unpaired) electrons. The van der Waals surface area contributed by atoms with Crippen molar-refractivity contribution >= 4 is 41.6 Å². The third kappa shape index (κ3) is 3.71. The lowest BCUT2D eigenvalue weighted by atomic mass is 10.1. The van der Waals surface area contributed by atoms with Gasteiger partial charge in [-0.1, -0.05) is 17.7 Å². The van der Waals surface area contributed by atoms with Crippen molar-refractivity contribution in [2.24, 2.45) is 0 Å². The Morgan fingerprint density at radius 3 is 2.39 bits per heavy atom. The van der Waals surface area contributed by atoms with E-state index in [1.807, 2.05) is 19.6 Å². The van der Waals surface area contributed by atoms with Crippen molar-refractivity contribution in [2.75, 3.05) is 17.7 Å². The highest BCUT2D eigenvalue weighted by atomic mass is 35.5. The molecule has 23 heavy (non-hydrogen) atoms. The van der Waals surface area contributed by atoms with Crippen LogP contribution in [0.25, 0.3) is 0 Å².